The van der Waals surface area contributed by atoms with Gasteiger partial charge in [-0.05, 0) is 38.8 Å². The molecule has 0 spiro atoms. The van der Waals surface area contributed by atoms with Crippen molar-refractivity contribution in [3.05, 3.63) is 51.5 Å². The van der Waals surface area contributed by atoms with Gasteiger partial charge in [0, 0.05) is 18.5 Å². The number of benzene rings is 1. The summed E-state index contributed by atoms with van der Waals surface area (Å²) in [5.41, 5.74) is 0.272. The summed E-state index contributed by atoms with van der Waals surface area (Å²) in [5.74, 6) is 1.41. The predicted molar refractivity (Wildman–Crippen MR) is 117 cm³/mol. The van der Waals surface area contributed by atoms with Crippen molar-refractivity contribution in [1.29, 1.82) is 0 Å². The summed E-state index contributed by atoms with van der Waals surface area (Å²) in [6.45, 7) is 8.63. The molecule has 0 bridgehead atoms. The minimum atomic E-state index is -0.390. The minimum absolute atomic E-state index is 0.000722. The second-order valence-electron chi connectivity index (χ2n) is 8.13. The summed E-state index contributed by atoms with van der Waals surface area (Å²) in [7, 11) is 0. The van der Waals surface area contributed by atoms with Crippen LogP contribution in [0.1, 0.15) is 69.4 Å². The SMILES string of the molecule is CC(C)c1nc2sc([C@H]3CCCN3C(=O)Oc3ccccc3)nc2c(=O)n1C(C)C. The minimum Gasteiger partial charge on any atom is -0.410 e. The molecule has 1 aliphatic heterocycles. The van der Waals surface area contributed by atoms with Crippen LogP contribution < -0.4 is 10.3 Å². The van der Waals surface area contributed by atoms with Gasteiger partial charge in [0.15, 0.2) is 10.3 Å². The quantitative estimate of drug-likeness (QED) is 0.593. The molecule has 3 heterocycles. The van der Waals surface area contributed by atoms with E-state index in [1.165, 1.54) is 11.3 Å². The van der Waals surface area contributed by atoms with Crippen LogP contribution in [0.5, 0.6) is 5.75 Å². The van der Waals surface area contributed by atoms with Crippen LogP contribution in [0, 0.1) is 0 Å². The van der Waals surface area contributed by atoms with E-state index >= 15 is 0 Å². The van der Waals surface area contributed by atoms with E-state index in [9.17, 15) is 9.59 Å². The highest BCUT2D eigenvalue weighted by molar-refractivity contribution is 7.18. The first-order valence-electron chi connectivity index (χ1n) is 10.3. The van der Waals surface area contributed by atoms with E-state index in [1.54, 1.807) is 21.6 Å². The Kier molecular flexibility index (Phi) is 5.60. The highest BCUT2D eigenvalue weighted by atomic mass is 32.1. The molecule has 1 aromatic carbocycles. The Balaban J connectivity index is 1.69. The lowest BCUT2D eigenvalue weighted by atomic mass is 10.2. The number of fused-ring (bicyclic) bond motifs is 1. The van der Waals surface area contributed by atoms with E-state index in [0.29, 0.717) is 22.6 Å². The van der Waals surface area contributed by atoms with Crippen LogP contribution >= 0.6 is 11.3 Å². The molecule has 1 atom stereocenters. The Bertz CT molecular complexity index is 1120. The van der Waals surface area contributed by atoms with Gasteiger partial charge in [-0.1, -0.05) is 43.4 Å². The number of thiazole rings is 1. The summed E-state index contributed by atoms with van der Waals surface area (Å²) in [4.78, 5) is 37.7. The molecule has 8 heteroatoms. The standard InChI is InChI=1S/C22H26N4O3S/c1-13(2)18-24-20-17(21(27)26(18)14(3)4)23-19(30-20)16-11-8-12-25(16)22(28)29-15-9-6-5-7-10-15/h5-7,9-10,13-14,16H,8,11-12H2,1-4H3/t16-/m1/s1. The number of carbonyl (C=O) groups is 1. The van der Waals surface area contributed by atoms with Crippen molar-refractivity contribution in [2.75, 3.05) is 6.54 Å². The van der Waals surface area contributed by atoms with Crippen LogP contribution in [0.4, 0.5) is 4.79 Å². The second-order valence-corrected chi connectivity index (χ2v) is 9.14. The van der Waals surface area contributed by atoms with Crippen molar-refractivity contribution in [2.45, 2.75) is 58.5 Å². The first kappa shape index (κ1) is 20.5. The number of amides is 1. The largest absolute Gasteiger partial charge is 0.415 e. The van der Waals surface area contributed by atoms with Gasteiger partial charge >= 0.3 is 6.09 Å². The Labute approximate surface area is 179 Å². The van der Waals surface area contributed by atoms with Crippen LogP contribution in [-0.4, -0.2) is 32.1 Å². The van der Waals surface area contributed by atoms with Crippen LogP contribution in [0.15, 0.2) is 35.1 Å². The number of ether oxygens (including phenoxy) is 1. The number of carbonyl (C=O) groups excluding carboxylic acids is 1. The maximum atomic E-state index is 13.1. The second kappa shape index (κ2) is 8.18. The number of nitrogens with zero attached hydrogens (tertiary/aromatic N) is 4. The Morgan fingerprint density at radius 3 is 2.57 bits per heavy atom. The number of likely N-dealkylation sites (tertiary alicyclic amines) is 1. The van der Waals surface area contributed by atoms with Gasteiger partial charge in [0.05, 0.1) is 6.04 Å². The third-order valence-electron chi connectivity index (χ3n) is 5.26. The molecule has 3 aromatic rings. The van der Waals surface area contributed by atoms with E-state index in [0.717, 1.165) is 23.7 Å². The van der Waals surface area contributed by atoms with Gasteiger partial charge in [0.25, 0.3) is 5.56 Å². The van der Waals surface area contributed by atoms with Gasteiger partial charge in [-0.3, -0.25) is 14.3 Å². The Morgan fingerprint density at radius 1 is 1.17 bits per heavy atom. The van der Waals surface area contributed by atoms with Crippen molar-refractivity contribution in [3.63, 3.8) is 0 Å². The lowest BCUT2D eigenvalue weighted by molar-refractivity contribution is 0.147. The third kappa shape index (κ3) is 3.71. The first-order chi connectivity index (χ1) is 14.4. The molecular weight excluding hydrogens is 400 g/mol. The van der Waals surface area contributed by atoms with Gasteiger partial charge < -0.3 is 4.74 Å². The fourth-order valence-corrected chi connectivity index (χ4v) is 4.94. The molecule has 0 saturated carbocycles. The molecule has 1 aliphatic rings. The topological polar surface area (TPSA) is 77.3 Å². The van der Waals surface area contributed by atoms with Crippen LogP contribution in [0.3, 0.4) is 0 Å². The van der Waals surface area contributed by atoms with E-state index in [1.807, 2.05) is 45.9 Å². The highest BCUT2D eigenvalue weighted by Crippen LogP contribution is 2.36. The van der Waals surface area contributed by atoms with Gasteiger partial charge in [-0.2, -0.15) is 0 Å². The van der Waals surface area contributed by atoms with Crippen LogP contribution in [0.25, 0.3) is 10.3 Å². The van der Waals surface area contributed by atoms with E-state index in [2.05, 4.69) is 4.98 Å². The van der Waals surface area contributed by atoms with Gasteiger partial charge in [0.2, 0.25) is 0 Å². The zero-order chi connectivity index (χ0) is 21.4. The van der Waals surface area contributed by atoms with E-state index in [4.69, 9.17) is 9.72 Å². The average Bonchev–Trinajstić information content (AvgIpc) is 3.35. The van der Waals surface area contributed by atoms with Crippen molar-refractivity contribution >= 4 is 27.8 Å². The van der Waals surface area contributed by atoms with Gasteiger partial charge in [-0.15, -0.1) is 0 Å². The molecule has 1 amide bonds. The molecule has 7 nitrogen and oxygen atoms in total. The molecule has 1 saturated heterocycles. The van der Waals surface area contributed by atoms with Gasteiger partial charge in [0.1, 0.15) is 16.6 Å². The normalized spacial score (nSPS) is 16.7. The lowest BCUT2D eigenvalue weighted by Gasteiger charge is -2.22. The Morgan fingerprint density at radius 2 is 1.90 bits per heavy atom. The molecule has 2 aromatic heterocycles. The fraction of sp³-hybridized carbons (Fsp3) is 0.455. The summed E-state index contributed by atoms with van der Waals surface area (Å²) in [6, 6.07) is 8.85. The van der Waals surface area contributed by atoms with E-state index < -0.39 is 6.09 Å². The number of rotatable bonds is 4. The van der Waals surface area contributed by atoms with Crippen molar-refractivity contribution < 1.29 is 9.53 Å². The van der Waals surface area contributed by atoms with Crippen molar-refractivity contribution in [1.82, 2.24) is 19.4 Å². The van der Waals surface area contributed by atoms with Crippen LogP contribution in [0.2, 0.25) is 0 Å². The molecule has 0 aliphatic carbocycles. The molecule has 0 radical (unpaired) electrons. The van der Waals surface area contributed by atoms with E-state index in [-0.39, 0.29) is 23.6 Å². The fourth-order valence-electron chi connectivity index (χ4n) is 3.86. The van der Waals surface area contributed by atoms with Crippen molar-refractivity contribution in [3.8, 4) is 5.75 Å². The number of hydrogen-bond donors (Lipinski definition) is 0. The molecule has 30 heavy (non-hydrogen) atoms. The number of para-hydroxylation sites is 1. The Hall–Kier alpha value is -2.74. The maximum Gasteiger partial charge on any atom is 0.415 e. The first-order valence-corrected chi connectivity index (χ1v) is 11.1. The smallest absolute Gasteiger partial charge is 0.410 e. The van der Waals surface area contributed by atoms with Crippen LogP contribution in [-0.2, 0) is 0 Å². The molecule has 4 rings (SSSR count). The lowest BCUT2D eigenvalue weighted by Crippen LogP contribution is -2.33. The van der Waals surface area contributed by atoms with Crippen molar-refractivity contribution in [2.24, 2.45) is 0 Å². The monoisotopic (exact) mass is 426 g/mol. The predicted octanol–water partition coefficient (Wildman–Crippen LogP) is 4.89. The summed E-state index contributed by atoms with van der Waals surface area (Å²) in [6.07, 6.45) is 1.27. The molecule has 158 valence electrons. The third-order valence-corrected chi connectivity index (χ3v) is 6.31. The molecule has 0 N–H and O–H groups in total. The summed E-state index contributed by atoms with van der Waals surface area (Å²) in [5, 5.41) is 0.744. The van der Waals surface area contributed by atoms with Gasteiger partial charge in [-0.25, -0.2) is 14.8 Å². The average molecular weight is 427 g/mol. The number of aromatic nitrogens is 3. The molecule has 0 unspecified atom stereocenters. The zero-order valence-electron chi connectivity index (χ0n) is 17.7. The maximum absolute atomic E-state index is 13.1. The summed E-state index contributed by atoms with van der Waals surface area (Å²) < 4.78 is 7.26. The molecule has 1 fully saturated rings. The molecular formula is C22H26N4O3S. The summed E-state index contributed by atoms with van der Waals surface area (Å²) >= 11 is 1.40. The number of hydrogen-bond acceptors (Lipinski definition) is 6. The highest BCUT2D eigenvalue weighted by Gasteiger charge is 2.34. The zero-order valence-corrected chi connectivity index (χ0v) is 18.5.